The summed E-state index contributed by atoms with van der Waals surface area (Å²) < 4.78 is 12.7. The van der Waals surface area contributed by atoms with E-state index in [4.69, 9.17) is 9.47 Å². The monoisotopic (exact) mass is 342 g/mol. The molecule has 1 aromatic carbocycles. The summed E-state index contributed by atoms with van der Waals surface area (Å²) in [5, 5.41) is 9.28. The molecule has 1 aliphatic rings. The molecule has 0 amide bonds. The molecule has 2 atom stereocenters. The van der Waals surface area contributed by atoms with Crippen molar-refractivity contribution in [1.82, 2.24) is 0 Å². The van der Waals surface area contributed by atoms with Crippen LogP contribution in [-0.2, 0) is 6.61 Å². The van der Waals surface area contributed by atoms with Gasteiger partial charge in [0.05, 0.1) is 23.8 Å². The Bertz CT molecular complexity index is 448. The summed E-state index contributed by atoms with van der Waals surface area (Å²) in [4.78, 5) is 0. The van der Waals surface area contributed by atoms with E-state index in [1.54, 1.807) is 0 Å². The van der Waals surface area contributed by atoms with Gasteiger partial charge in [-0.15, -0.1) is 0 Å². The van der Waals surface area contributed by atoms with E-state index >= 15 is 0 Å². The van der Waals surface area contributed by atoms with Gasteiger partial charge in [-0.25, -0.2) is 0 Å². The van der Waals surface area contributed by atoms with E-state index in [0.717, 1.165) is 34.5 Å². The molecule has 0 saturated heterocycles. The maximum atomic E-state index is 9.28. The van der Waals surface area contributed by atoms with E-state index in [9.17, 15) is 5.11 Å². The van der Waals surface area contributed by atoms with Gasteiger partial charge >= 0.3 is 0 Å². The van der Waals surface area contributed by atoms with Gasteiger partial charge in [0.15, 0.2) is 11.5 Å². The number of aliphatic hydroxyl groups excluding tert-OH is 1. The summed E-state index contributed by atoms with van der Waals surface area (Å²) in [6.45, 7) is 4.81. The summed E-state index contributed by atoms with van der Waals surface area (Å²) in [5.41, 5.74) is 0.824. The normalized spacial score (nSPS) is 22.6. The highest BCUT2D eigenvalue weighted by atomic mass is 79.9. The number of aliphatic hydroxyl groups is 1. The van der Waals surface area contributed by atoms with Gasteiger partial charge in [-0.3, -0.25) is 0 Å². The van der Waals surface area contributed by atoms with Crippen molar-refractivity contribution in [2.75, 3.05) is 6.61 Å². The standard InChI is InChI=1S/C16H23BrO3/c1-3-19-15-9-12(10-18)8-14(17)16(15)20-13-6-4-5-11(2)7-13/h8-9,11,13,18H,3-7,10H2,1-2H3. The predicted octanol–water partition coefficient (Wildman–Crippen LogP) is 4.30. The molecule has 2 rings (SSSR count). The van der Waals surface area contributed by atoms with Crippen molar-refractivity contribution in [1.29, 1.82) is 0 Å². The van der Waals surface area contributed by atoms with Crippen molar-refractivity contribution in [3.05, 3.63) is 22.2 Å². The van der Waals surface area contributed by atoms with Crippen molar-refractivity contribution in [3.63, 3.8) is 0 Å². The van der Waals surface area contributed by atoms with Crippen LogP contribution in [0.3, 0.4) is 0 Å². The average Bonchev–Trinajstić information content (AvgIpc) is 2.42. The first kappa shape index (κ1) is 15.6. The van der Waals surface area contributed by atoms with Crippen molar-refractivity contribution < 1.29 is 14.6 Å². The van der Waals surface area contributed by atoms with Crippen LogP contribution in [0.2, 0.25) is 0 Å². The second-order valence-electron chi connectivity index (χ2n) is 5.51. The molecule has 0 aliphatic heterocycles. The van der Waals surface area contributed by atoms with Crippen LogP contribution in [0.15, 0.2) is 16.6 Å². The maximum Gasteiger partial charge on any atom is 0.175 e. The Morgan fingerprint density at radius 2 is 2.15 bits per heavy atom. The van der Waals surface area contributed by atoms with Crippen molar-refractivity contribution in [2.45, 2.75) is 52.2 Å². The highest BCUT2D eigenvalue weighted by molar-refractivity contribution is 9.10. The summed E-state index contributed by atoms with van der Waals surface area (Å²) in [6, 6.07) is 3.75. The average molecular weight is 343 g/mol. The number of ether oxygens (including phenoxy) is 2. The molecular formula is C16H23BrO3. The third-order valence-electron chi connectivity index (χ3n) is 3.72. The van der Waals surface area contributed by atoms with Crippen LogP contribution in [0.4, 0.5) is 0 Å². The van der Waals surface area contributed by atoms with E-state index in [2.05, 4.69) is 22.9 Å². The zero-order chi connectivity index (χ0) is 14.5. The Hall–Kier alpha value is -0.740. The molecule has 4 heteroatoms. The number of hydrogen-bond donors (Lipinski definition) is 1. The lowest BCUT2D eigenvalue weighted by atomic mass is 9.89. The molecule has 1 saturated carbocycles. The molecule has 1 aromatic rings. The van der Waals surface area contributed by atoms with Gasteiger partial charge in [0, 0.05) is 0 Å². The summed E-state index contributed by atoms with van der Waals surface area (Å²) in [7, 11) is 0. The lowest BCUT2D eigenvalue weighted by Crippen LogP contribution is -2.24. The van der Waals surface area contributed by atoms with Crippen LogP contribution in [0, 0.1) is 5.92 Å². The third-order valence-corrected chi connectivity index (χ3v) is 4.31. The van der Waals surface area contributed by atoms with E-state index in [-0.39, 0.29) is 12.7 Å². The molecule has 112 valence electrons. The Morgan fingerprint density at radius 3 is 2.80 bits per heavy atom. The van der Waals surface area contributed by atoms with Crippen LogP contribution in [0.5, 0.6) is 11.5 Å². The lowest BCUT2D eigenvalue weighted by Gasteiger charge is -2.28. The van der Waals surface area contributed by atoms with Crippen LogP contribution in [0.25, 0.3) is 0 Å². The van der Waals surface area contributed by atoms with Gasteiger partial charge < -0.3 is 14.6 Å². The summed E-state index contributed by atoms with van der Waals surface area (Å²) >= 11 is 3.53. The Kier molecular flexibility index (Phi) is 5.73. The first-order valence-electron chi connectivity index (χ1n) is 7.36. The smallest absolute Gasteiger partial charge is 0.175 e. The number of halogens is 1. The first-order valence-corrected chi connectivity index (χ1v) is 8.16. The number of hydrogen-bond acceptors (Lipinski definition) is 3. The largest absolute Gasteiger partial charge is 0.490 e. The van der Waals surface area contributed by atoms with E-state index in [1.807, 2.05) is 19.1 Å². The number of benzene rings is 1. The summed E-state index contributed by atoms with van der Waals surface area (Å²) in [5.74, 6) is 2.20. The maximum absolute atomic E-state index is 9.28. The van der Waals surface area contributed by atoms with E-state index in [0.29, 0.717) is 12.4 Å². The molecule has 0 radical (unpaired) electrons. The molecule has 1 N–H and O–H groups in total. The van der Waals surface area contributed by atoms with Gasteiger partial charge in [0.2, 0.25) is 0 Å². The van der Waals surface area contributed by atoms with Crippen LogP contribution >= 0.6 is 15.9 Å². The fourth-order valence-corrected chi connectivity index (χ4v) is 3.33. The number of rotatable bonds is 5. The van der Waals surface area contributed by atoms with Gasteiger partial charge in [0.1, 0.15) is 0 Å². The van der Waals surface area contributed by atoms with E-state index < -0.39 is 0 Å². The zero-order valence-electron chi connectivity index (χ0n) is 12.2. The van der Waals surface area contributed by atoms with Gasteiger partial charge in [-0.2, -0.15) is 0 Å². The van der Waals surface area contributed by atoms with Gasteiger partial charge in [-0.1, -0.05) is 13.3 Å². The predicted molar refractivity (Wildman–Crippen MR) is 83.3 cm³/mol. The lowest BCUT2D eigenvalue weighted by molar-refractivity contribution is 0.123. The molecule has 0 spiro atoms. The molecule has 0 aromatic heterocycles. The molecule has 1 aliphatic carbocycles. The fourth-order valence-electron chi connectivity index (χ4n) is 2.74. The molecular weight excluding hydrogens is 320 g/mol. The minimum Gasteiger partial charge on any atom is -0.490 e. The molecule has 0 heterocycles. The van der Waals surface area contributed by atoms with Crippen molar-refractivity contribution >= 4 is 15.9 Å². The minimum absolute atomic E-state index is 0.000578. The topological polar surface area (TPSA) is 38.7 Å². The molecule has 3 nitrogen and oxygen atoms in total. The first-order chi connectivity index (χ1) is 9.63. The second-order valence-corrected chi connectivity index (χ2v) is 6.36. The second kappa shape index (κ2) is 7.32. The van der Waals surface area contributed by atoms with Crippen LogP contribution in [0.1, 0.15) is 45.1 Å². The molecule has 0 bridgehead atoms. The van der Waals surface area contributed by atoms with Gasteiger partial charge in [-0.05, 0) is 65.7 Å². The zero-order valence-corrected chi connectivity index (χ0v) is 13.8. The minimum atomic E-state index is -0.000578. The molecule has 1 fully saturated rings. The Labute approximate surface area is 129 Å². The highest BCUT2D eigenvalue weighted by Gasteiger charge is 2.23. The van der Waals surface area contributed by atoms with Crippen LogP contribution in [-0.4, -0.2) is 17.8 Å². The van der Waals surface area contributed by atoms with E-state index in [1.165, 1.54) is 12.8 Å². The van der Waals surface area contributed by atoms with Gasteiger partial charge in [0.25, 0.3) is 0 Å². The Balaban J connectivity index is 2.20. The van der Waals surface area contributed by atoms with Crippen molar-refractivity contribution in [2.24, 2.45) is 5.92 Å². The fraction of sp³-hybridized carbons (Fsp3) is 0.625. The van der Waals surface area contributed by atoms with Crippen molar-refractivity contribution in [3.8, 4) is 11.5 Å². The summed E-state index contributed by atoms with van der Waals surface area (Å²) in [6.07, 6.45) is 4.98. The quantitative estimate of drug-likeness (QED) is 0.866. The van der Waals surface area contributed by atoms with Crippen LogP contribution < -0.4 is 9.47 Å². The molecule has 20 heavy (non-hydrogen) atoms. The highest BCUT2D eigenvalue weighted by Crippen LogP contribution is 2.39. The Morgan fingerprint density at radius 1 is 1.35 bits per heavy atom. The SMILES string of the molecule is CCOc1cc(CO)cc(Br)c1OC1CCCC(C)C1. The third kappa shape index (κ3) is 3.89. The molecule has 2 unspecified atom stereocenters.